The van der Waals surface area contributed by atoms with Crippen LogP contribution in [0, 0.1) is 6.92 Å². The average Bonchev–Trinajstić information content (AvgIpc) is 3.34. The van der Waals surface area contributed by atoms with Crippen LogP contribution in [0.5, 0.6) is 11.5 Å². The molecule has 0 aliphatic carbocycles. The van der Waals surface area contributed by atoms with Gasteiger partial charge in [0.15, 0.2) is 11.5 Å². The zero-order chi connectivity index (χ0) is 22.7. The Labute approximate surface area is 194 Å². The number of fused-ring (bicyclic) bond motifs is 1. The van der Waals surface area contributed by atoms with Crippen molar-refractivity contribution in [3.05, 3.63) is 81.0 Å². The zero-order valence-electron chi connectivity index (χ0n) is 19.1. The summed E-state index contributed by atoms with van der Waals surface area (Å²) >= 11 is 1.46. The second kappa shape index (κ2) is 9.76. The first-order valence-electron chi connectivity index (χ1n) is 10.9. The van der Waals surface area contributed by atoms with Crippen molar-refractivity contribution in [2.45, 2.75) is 38.9 Å². The Balaban J connectivity index is 1.68. The van der Waals surface area contributed by atoms with Gasteiger partial charge in [-0.2, -0.15) is 0 Å². The van der Waals surface area contributed by atoms with E-state index in [9.17, 15) is 4.79 Å². The topological polar surface area (TPSA) is 50.8 Å². The monoisotopic (exact) mass is 450 g/mol. The molecule has 0 saturated heterocycles. The summed E-state index contributed by atoms with van der Waals surface area (Å²) in [6.45, 7) is 5.91. The molecular weight excluding hydrogens is 420 g/mol. The Bertz CT molecular complexity index is 1060. The molecule has 1 amide bonds. The summed E-state index contributed by atoms with van der Waals surface area (Å²) in [5.41, 5.74) is 4.94. The van der Waals surface area contributed by atoms with Gasteiger partial charge in [-0.1, -0.05) is 35.9 Å². The van der Waals surface area contributed by atoms with Crippen LogP contribution in [0.4, 0.5) is 0 Å². The molecule has 0 spiro atoms. The predicted molar refractivity (Wildman–Crippen MR) is 129 cm³/mol. The van der Waals surface area contributed by atoms with Crippen LogP contribution in [0.25, 0.3) is 0 Å². The van der Waals surface area contributed by atoms with Crippen LogP contribution < -0.4 is 14.8 Å². The van der Waals surface area contributed by atoms with Gasteiger partial charge in [-0.15, -0.1) is 11.3 Å². The number of benzene rings is 2. The fraction of sp³-hybridized carbons (Fsp3) is 0.346. The zero-order valence-corrected chi connectivity index (χ0v) is 19.9. The number of thiophene rings is 1. The summed E-state index contributed by atoms with van der Waals surface area (Å²) < 4.78 is 11.1. The number of nitrogens with zero attached hydrogens (tertiary/aromatic N) is 1. The SMILES string of the molecule is COc1cc2c(cc1OC)C(C(C)NC(=O)c1cccs1)N(Cc1ccc(C)cc1)CC2. The van der Waals surface area contributed by atoms with E-state index < -0.39 is 0 Å². The van der Waals surface area contributed by atoms with Crippen molar-refractivity contribution in [3.8, 4) is 11.5 Å². The molecule has 2 heterocycles. The first-order chi connectivity index (χ1) is 15.5. The summed E-state index contributed by atoms with van der Waals surface area (Å²) in [7, 11) is 3.33. The van der Waals surface area contributed by atoms with Crippen molar-refractivity contribution in [2.24, 2.45) is 0 Å². The molecule has 1 aliphatic heterocycles. The number of carbonyl (C=O) groups excluding carboxylic acids is 1. The van der Waals surface area contributed by atoms with E-state index in [-0.39, 0.29) is 18.0 Å². The van der Waals surface area contributed by atoms with E-state index >= 15 is 0 Å². The highest BCUT2D eigenvalue weighted by atomic mass is 32.1. The minimum absolute atomic E-state index is 0.0174. The van der Waals surface area contributed by atoms with Crippen molar-refractivity contribution >= 4 is 17.2 Å². The number of aryl methyl sites for hydroxylation is 1. The number of nitrogens with one attached hydrogen (secondary N) is 1. The lowest BCUT2D eigenvalue weighted by atomic mass is 9.87. The Morgan fingerprint density at radius 2 is 1.88 bits per heavy atom. The van der Waals surface area contributed by atoms with Crippen molar-refractivity contribution in [2.75, 3.05) is 20.8 Å². The number of ether oxygens (including phenoxy) is 2. The van der Waals surface area contributed by atoms with Crippen LogP contribution in [0.3, 0.4) is 0 Å². The number of hydrogen-bond donors (Lipinski definition) is 1. The van der Waals surface area contributed by atoms with Crippen molar-refractivity contribution in [3.63, 3.8) is 0 Å². The molecule has 5 nitrogen and oxygen atoms in total. The second-order valence-electron chi connectivity index (χ2n) is 8.30. The summed E-state index contributed by atoms with van der Waals surface area (Å²) in [6, 6.07) is 16.5. The number of hydrogen-bond acceptors (Lipinski definition) is 5. The molecule has 0 saturated carbocycles. The summed E-state index contributed by atoms with van der Waals surface area (Å²) in [4.78, 5) is 16.0. The van der Waals surface area contributed by atoms with E-state index in [1.54, 1.807) is 14.2 Å². The molecule has 2 unspecified atom stereocenters. The van der Waals surface area contributed by atoms with E-state index in [2.05, 4.69) is 60.5 Å². The molecule has 3 aromatic rings. The molecule has 0 fully saturated rings. The third-order valence-corrected chi connectivity index (χ3v) is 6.98. The Kier molecular flexibility index (Phi) is 6.82. The smallest absolute Gasteiger partial charge is 0.261 e. The van der Waals surface area contributed by atoms with E-state index in [1.165, 1.54) is 33.6 Å². The highest BCUT2D eigenvalue weighted by Gasteiger charge is 2.34. The van der Waals surface area contributed by atoms with Gasteiger partial charge in [0.05, 0.1) is 25.1 Å². The maximum atomic E-state index is 12.8. The van der Waals surface area contributed by atoms with Gasteiger partial charge in [0.1, 0.15) is 0 Å². The molecular formula is C26H30N2O3S. The van der Waals surface area contributed by atoms with Crippen molar-refractivity contribution in [1.29, 1.82) is 0 Å². The standard InChI is InChI=1S/C26H30N2O3S/c1-17-7-9-19(10-8-17)16-28-12-11-20-14-22(30-3)23(31-4)15-21(20)25(28)18(2)27-26(29)24-6-5-13-32-24/h5-10,13-15,18,25H,11-12,16H2,1-4H3,(H,27,29). The van der Waals surface area contributed by atoms with Gasteiger partial charge >= 0.3 is 0 Å². The summed E-state index contributed by atoms with van der Waals surface area (Å²) in [5.74, 6) is 1.42. The van der Waals surface area contributed by atoms with Gasteiger partial charge in [0.25, 0.3) is 5.91 Å². The van der Waals surface area contributed by atoms with Crippen molar-refractivity contribution in [1.82, 2.24) is 10.2 Å². The lowest BCUT2D eigenvalue weighted by Crippen LogP contribution is -2.47. The average molecular weight is 451 g/mol. The molecule has 0 bridgehead atoms. The highest BCUT2D eigenvalue weighted by molar-refractivity contribution is 7.12. The Morgan fingerprint density at radius 1 is 1.16 bits per heavy atom. The minimum Gasteiger partial charge on any atom is -0.493 e. The van der Waals surface area contributed by atoms with Crippen LogP contribution >= 0.6 is 11.3 Å². The maximum absolute atomic E-state index is 12.8. The Morgan fingerprint density at radius 3 is 2.53 bits per heavy atom. The molecule has 1 aromatic heterocycles. The molecule has 32 heavy (non-hydrogen) atoms. The predicted octanol–water partition coefficient (Wildman–Crippen LogP) is 4.99. The summed E-state index contributed by atoms with van der Waals surface area (Å²) in [5, 5.41) is 5.17. The maximum Gasteiger partial charge on any atom is 0.261 e. The minimum atomic E-state index is -0.0906. The third-order valence-electron chi connectivity index (χ3n) is 6.11. The summed E-state index contributed by atoms with van der Waals surface area (Å²) in [6.07, 6.45) is 0.920. The molecule has 168 valence electrons. The van der Waals surface area contributed by atoms with Crippen LogP contribution in [0.1, 0.15) is 44.9 Å². The molecule has 2 aromatic carbocycles. The van der Waals surface area contributed by atoms with Crippen LogP contribution in [-0.2, 0) is 13.0 Å². The van der Waals surface area contributed by atoms with Gasteiger partial charge in [-0.05, 0) is 60.5 Å². The largest absolute Gasteiger partial charge is 0.493 e. The molecule has 1 N–H and O–H groups in total. The van der Waals surface area contributed by atoms with E-state index in [1.807, 2.05) is 17.5 Å². The number of amides is 1. The van der Waals surface area contributed by atoms with Gasteiger partial charge in [-0.25, -0.2) is 0 Å². The normalized spacial score (nSPS) is 16.8. The number of methoxy groups -OCH3 is 2. The molecule has 1 aliphatic rings. The third kappa shape index (κ3) is 4.66. The Hall–Kier alpha value is -2.83. The van der Waals surface area contributed by atoms with Gasteiger partial charge in [-0.3, -0.25) is 9.69 Å². The molecule has 0 radical (unpaired) electrons. The van der Waals surface area contributed by atoms with Crippen molar-refractivity contribution < 1.29 is 14.3 Å². The molecule has 2 atom stereocenters. The molecule has 6 heteroatoms. The molecule has 4 rings (SSSR count). The van der Waals surface area contributed by atoms with E-state index in [0.29, 0.717) is 5.75 Å². The van der Waals surface area contributed by atoms with Crippen LogP contribution in [0.15, 0.2) is 53.9 Å². The quantitative estimate of drug-likeness (QED) is 0.551. The second-order valence-corrected chi connectivity index (χ2v) is 9.24. The van der Waals surface area contributed by atoms with Crippen LogP contribution in [-0.4, -0.2) is 37.6 Å². The lowest BCUT2D eigenvalue weighted by molar-refractivity contribution is 0.0881. The highest BCUT2D eigenvalue weighted by Crippen LogP contribution is 2.40. The van der Waals surface area contributed by atoms with Gasteiger partial charge in [0, 0.05) is 19.1 Å². The fourth-order valence-electron chi connectivity index (χ4n) is 4.48. The van der Waals surface area contributed by atoms with Gasteiger partial charge < -0.3 is 14.8 Å². The van der Waals surface area contributed by atoms with Crippen LogP contribution in [0.2, 0.25) is 0 Å². The lowest BCUT2D eigenvalue weighted by Gasteiger charge is -2.41. The van der Waals surface area contributed by atoms with E-state index in [0.717, 1.165) is 30.1 Å². The fourth-order valence-corrected chi connectivity index (χ4v) is 5.11. The number of rotatable bonds is 7. The number of carbonyl (C=O) groups is 1. The van der Waals surface area contributed by atoms with E-state index in [4.69, 9.17) is 9.47 Å². The first-order valence-corrected chi connectivity index (χ1v) is 11.8. The van der Waals surface area contributed by atoms with Gasteiger partial charge in [0.2, 0.25) is 0 Å². The first kappa shape index (κ1) is 22.4.